The third kappa shape index (κ3) is 4.26. The second kappa shape index (κ2) is 8.32. The molecule has 0 saturated heterocycles. The van der Waals surface area contributed by atoms with Gasteiger partial charge < -0.3 is 9.30 Å². The molecule has 0 bridgehead atoms. The highest BCUT2D eigenvalue weighted by atomic mass is 32.2. The van der Waals surface area contributed by atoms with E-state index in [-0.39, 0.29) is 5.56 Å². The highest BCUT2D eigenvalue weighted by Gasteiger charge is 2.16. The summed E-state index contributed by atoms with van der Waals surface area (Å²) in [5, 5.41) is 2.01. The number of aryl methyl sites for hydroxylation is 1. The van der Waals surface area contributed by atoms with Crippen molar-refractivity contribution in [2.24, 2.45) is 7.05 Å². The van der Waals surface area contributed by atoms with Crippen LogP contribution in [0.2, 0.25) is 0 Å². The minimum atomic E-state index is -3.73. The average Bonchev–Trinajstić information content (AvgIpc) is 2.78. The Morgan fingerprint density at radius 2 is 1.69 bits per heavy atom. The highest BCUT2D eigenvalue weighted by Crippen LogP contribution is 2.38. The second-order valence-electron chi connectivity index (χ2n) is 7.09. The summed E-state index contributed by atoms with van der Waals surface area (Å²) in [5.74, 6) is 0.416. The number of aromatic nitrogens is 1. The van der Waals surface area contributed by atoms with Gasteiger partial charge in [0.25, 0.3) is 15.6 Å². The van der Waals surface area contributed by atoms with Crippen LogP contribution < -0.4 is 15.0 Å². The van der Waals surface area contributed by atoms with Crippen molar-refractivity contribution in [2.45, 2.75) is 0 Å². The minimum Gasteiger partial charge on any atom is -0.457 e. The molecule has 0 aliphatic carbocycles. The lowest BCUT2D eigenvalue weighted by atomic mass is 9.99. The van der Waals surface area contributed by atoms with Crippen molar-refractivity contribution < 1.29 is 17.5 Å². The zero-order chi connectivity index (χ0) is 22.9. The number of nitrogens with zero attached hydrogens (tertiary/aromatic N) is 1. The number of anilines is 1. The van der Waals surface area contributed by atoms with Crippen LogP contribution in [0.25, 0.3) is 21.9 Å². The summed E-state index contributed by atoms with van der Waals surface area (Å²) in [4.78, 5) is 12.6. The van der Waals surface area contributed by atoms with E-state index in [4.69, 9.17) is 4.74 Å². The molecule has 6 nitrogen and oxygen atoms in total. The lowest BCUT2D eigenvalue weighted by Crippen LogP contribution is -2.16. The van der Waals surface area contributed by atoms with Gasteiger partial charge >= 0.3 is 0 Å². The van der Waals surface area contributed by atoms with Gasteiger partial charge in [-0.25, -0.2) is 12.8 Å². The molecule has 0 amide bonds. The summed E-state index contributed by atoms with van der Waals surface area (Å²) >= 11 is 0. The lowest BCUT2D eigenvalue weighted by molar-refractivity contribution is 0.482. The Hall–Kier alpha value is -3.91. The Morgan fingerprint density at radius 1 is 1.00 bits per heavy atom. The number of ether oxygens (including phenoxy) is 1. The van der Waals surface area contributed by atoms with Crippen LogP contribution in [0.4, 0.5) is 10.1 Å². The fraction of sp³-hybridized carbons (Fsp3) is 0.0417. The van der Waals surface area contributed by atoms with Gasteiger partial charge in [0.05, 0.1) is 0 Å². The summed E-state index contributed by atoms with van der Waals surface area (Å²) in [6, 6.07) is 17.5. The monoisotopic (exact) mass is 450 g/mol. The number of halogens is 1. The zero-order valence-corrected chi connectivity index (χ0v) is 17.9. The van der Waals surface area contributed by atoms with Crippen molar-refractivity contribution in [3.05, 3.63) is 101 Å². The fourth-order valence-corrected chi connectivity index (χ4v) is 3.90. The smallest absolute Gasteiger partial charge is 0.258 e. The number of rotatable bonds is 6. The van der Waals surface area contributed by atoms with Crippen LogP contribution >= 0.6 is 0 Å². The third-order valence-corrected chi connectivity index (χ3v) is 5.84. The zero-order valence-electron chi connectivity index (χ0n) is 17.1. The normalized spacial score (nSPS) is 11.3. The Labute approximate surface area is 184 Å². The maximum atomic E-state index is 13.3. The molecule has 3 aromatic carbocycles. The van der Waals surface area contributed by atoms with E-state index < -0.39 is 15.8 Å². The predicted octanol–water partition coefficient (Wildman–Crippen LogP) is 5.02. The fourth-order valence-electron chi connectivity index (χ4n) is 3.36. The number of fused-ring (bicyclic) bond motifs is 1. The standard InChI is InChI=1S/C24H19FN2O4S/c1-3-32(29,30)26-17-10-13-23(31-18-11-8-16(25)9-12-18)21(14-17)22-15-27(2)24(28)20-7-5-4-6-19(20)22/h3-15,26H,1H2,2H3. The number of sulfonamides is 1. The van der Waals surface area contributed by atoms with Crippen molar-refractivity contribution >= 4 is 26.5 Å². The molecule has 0 radical (unpaired) electrons. The molecule has 0 aliphatic heterocycles. The molecule has 8 heteroatoms. The van der Waals surface area contributed by atoms with Gasteiger partial charge in [-0.15, -0.1) is 0 Å². The molecule has 1 heterocycles. The van der Waals surface area contributed by atoms with Crippen LogP contribution in [0.3, 0.4) is 0 Å². The SMILES string of the molecule is C=CS(=O)(=O)Nc1ccc(Oc2ccc(F)cc2)c(-c2cn(C)c(=O)c3ccccc23)c1. The van der Waals surface area contributed by atoms with E-state index in [1.54, 1.807) is 43.6 Å². The summed E-state index contributed by atoms with van der Waals surface area (Å²) in [5.41, 5.74) is 1.35. The van der Waals surface area contributed by atoms with Crippen molar-refractivity contribution in [3.8, 4) is 22.6 Å². The first-order valence-corrected chi connectivity index (χ1v) is 11.1. The topological polar surface area (TPSA) is 77.4 Å². The van der Waals surface area contributed by atoms with Gasteiger partial charge in [0.15, 0.2) is 0 Å². The first kappa shape index (κ1) is 21.3. The molecule has 4 rings (SSSR count). The van der Waals surface area contributed by atoms with Crippen molar-refractivity contribution in [1.29, 1.82) is 0 Å². The maximum absolute atomic E-state index is 13.3. The van der Waals surface area contributed by atoms with Gasteiger partial charge in [0.1, 0.15) is 17.3 Å². The van der Waals surface area contributed by atoms with Gasteiger partial charge in [-0.3, -0.25) is 9.52 Å². The van der Waals surface area contributed by atoms with E-state index in [2.05, 4.69) is 11.3 Å². The van der Waals surface area contributed by atoms with E-state index in [9.17, 15) is 17.6 Å². The number of benzene rings is 3. The molecule has 32 heavy (non-hydrogen) atoms. The summed E-state index contributed by atoms with van der Waals surface area (Å²) in [6.45, 7) is 3.31. The predicted molar refractivity (Wildman–Crippen MR) is 124 cm³/mol. The molecule has 0 aliphatic rings. The lowest BCUT2D eigenvalue weighted by Gasteiger charge is -2.16. The van der Waals surface area contributed by atoms with Gasteiger partial charge in [-0.1, -0.05) is 24.8 Å². The molecule has 1 N–H and O–H groups in total. The average molecular weight is 450 g/mol. The van der Waals surface area contributed by atoms with E-state index >= 15 is 0 Å². The molecular weight excluding hydrogens is 431 g/mol. The van der Waals surface area contributed by atoms with Crippen molar-refractivity contribution in [3.63, 3.8) is 0 Å². The van der Waals surface area contributed by atoms with E-state index in [1.807, 2.05) is 12.1 Å². The van der Waals surface area contributed by atoms with Crippen LogP contribution in [0.5, 0.6) is 11.5 Å². The highest BCUT2D eigenvalue weighted by molar-refractivity contribution is 7.95. The quantitative estimate of drug-likeness (QED) is 0.447. The molecule has 0 spiro atoms. The van der Waals surface area contributed by atoms with Gasteiger partial charge in [-0.05, 0) is 53.9 Å². The van der Waals surface area contributed by atoms with Gasteiger partial charge in [0, 0.05) is 40.9 Å². The summed E-state index contributed by atoms with van der Waals surface area (Å²) in [7, 11) is -2.09. The van der Waals surface area contributed by atoms with Crippen LogP contribution in [0.15, 0.2) is 89.7 Å². The Bertz CT molecular complexity index is 1490. The molecular formula is C24H19FN2O4S. The first-order valence-electron chi connectivity index (χ1n) is 9.59. The molecule has 0 unspecified atom stereocenters. The maximum Gasteiger partial charge on any atom is 0.258 e. The number of nitrogens with one attached hydrogen (secondary N) is 1. The largest absolute Gasteiger partial charge is 0.457 e. The number of hydrogen-bond donors (Lipinski definition) is 1. The van der Waals surface area contributed by atoms with E-state index in [0.29, 0.717) is 39.1 Å². The van der Waals surface area contributed by atoms with Crippen LogP contribution in [-0.4, -0.2) is 13.0 Å². The number of hydrogen-bond acceptors (Lipinski definition) is 4. The van der Waals surface area contributed by atoms with Crippen molar-refractivity contribution in [2.75, 3.05) is 4.72 Å². The minimum absolute atomic E-state index is 0.158. The Morgan fingerprint density at radius 3 is 2.38 bits per heavy atom. The van der Waals surface area contributed by atoms with Crippen LogP contribution in [0.1, 0.15) is 0 Å². The first-order chi connectivity index (χ1) is 15.3. The third-order valence-electron chi connectivity index (χ3n) is 4.88. The molecule has 4 aromatic rings. The molecule has 162 valence electrons. The van der Waals surface area contributed by atoms with Gasteiger partial charge in [-0.2, -0.15) is 0 Å². The van der Waals surface area contributed by atoms with E-state index in [1.165, 1.54) is 28.8 Å². The number of pyridine rings is 1. The molecule has 0 atom stereocenters. The van der Waals surface area contributed by atoms with Gasteiger partial charge in [0.2, 0.25) is 0 Å². The Balaban J connectivity index is 1.94. The van der Waals surface area contributed by atoms with Crippen molar-refractivity contribution in [1.82, 2.24) is 4.57 Å². The molecule has 1 aromatic heterocycles. The summed E-state index contributed by atoms with van der Waals surface area (Å²) < 4.78 is 47.2. The Kier molecular flexibility index (Phi) is 5.54. The van der Waals surface area contributed by atoms with E-state index in [0.717, 1.165) is 5.41 Å². The molecule has 0 saturated carbocycles. The summed E-state index contributed by atoms with van der Waals surface area (Å²) in [6.07, 6.45) is 1.67. The molecule has 0 fully saturated rings. The van der Waals surface area contributed by atoms with Crippen LogP contribution in [0, 0.1) is 5.82 Å². The van der Waals surface area contributed by atoms with Crippen LogP contribution in [-0.2, 0) is 17.1 Å². The second-order valence-corrected chi connectivity index (χ2v) is 8.71.